The van der Waals surface area contributed by atoms with Crippen molar-refractivity contribution in [1.29, 1.82) is 0 Å². The zero-order chi connectivity index (χ0) is 28.8. The van der Waals surface area contributed by atoms with E-state index in [0.717, 1.165) is 0 Å². The molecule has 1 amide bonds. The first-order valence-electron chi connectivity index (χ1n) is 11.7. The molecule has 0 aliphatic rings. The number of ketones is 1. The lowest BCUT2D eigenvalue weighted by Gasteiger charge is -2.22. The number of amides is 1. The molecule has 0 saturated heterocycles. The average molecular weight is 642 g/mol. The SMILES string of the molecule is O=C(O[C@@H](C(=O)c1ccccc1)[C@H](Br)c1cccc([N+](=O)[O-])c1)c1ccc(NC(=O)c2ccc(Cl)cc2Cl)cc1. The highest BCUT2D eigenvalue weighted by Gasteiger charge is 2.33. The van der Waals surface area contributed by atoms with E-state index in [9.17, 15) is 24.5 Å². The summed E-state index contributed by atoms with van der Waals surface area (Å²) in [6.45, 7) is 0. The Hall–Kier alpha value is -4.05. The van der Waals surface area contributed by atoms with E-state index in [2.05, 4.69) is 21.2 Å². The van der Waals surface area contributed by atoms with Gasteiger partial charge in [0.2, 0.25) is 5.78 Å². The van der Waals surface area contributed by atoms with Gasteiger partial charge in [-0.2, -0.15) is 0 Å². The number of nitro benzene ring substituents is 1. The van der Waals surface area contributed by atoms with E-state index in [1.54, 1.807) is 42.5 Å². The van der Waals surface area contributed by atoms with Gasteiger partial charge in [-0.1, -0.05) is 81.6 Å². The first-order chi connectivity index (χ1) is 19.1. The number of carbonyl (C=O) groups excluding carboxylic acids is 3. The molecule has 0 aliphatic heterocycles. The van der Waals surface area contributed by atoms with Crippen LogP contribution in [0.25, 0.3) is 0 Å². The molecule has 4 aromatic carbocycles. The monoisotopic (exact) mass is 640 g/mol. The Morgan fingerprint density at radius 1 is 0.850 bits per heavy atom. The van der Waals surface area contributed by atoms with E-state index in [4.69, 9.17) is 27.9 Å². The first kappa shape index (κ1) is 28.9. The van der Waals surface area contributed by atoms with Crippen LogP contribution in [0.4, 0.5) is 11.4 Å². The number of nitro groups is 1. The molecular formula is C29H19BrCl2N2O6. The Labute approximate surface area is 247 Å². The third-order valence-electron chi connectivity index (χ3n) is 5.77. The molecule has 4 rings (SSSR count). The van der Waals surface area contributed by atoms with Crippen molar-refractivity contribution in [2.75, 3.05) is 5.32 Å². The first-order valence-corrected chi connectivity index (χ1v) is 13.4. The molecule has 1 N–H and O–H groups in total. The Morgan fingerprint density at radius 2 is 1.55 bits per heavy atom. The van der Waals surface area contributed by atoms with Crippen LogP contribution in [0.15, 0.2) is 97.1 Å². The number of rotatable bonds is 9. The number of benzene rings is 4. The number of Topliss-reactive ketones (excluding diaryl/α,β-unsaturated/α-hetero) is 1. The highest BCUT2D eigenvalue weighted by molar-refractivity contribution is 9.09. The maximum atomic E-state index is 13.4. The summed E-state index contributed by atoms with van der Waals surface area (Å²) in [5, 5.41) is 14.5. The molecule has 11 heteroatoms. The van der Waals surface area contributed by atoms with Crippen molar-refractivity contribution in [3.8, 4) is 0 Å². The number of anilines is 1. The number of nitrogens with one attached hydrogen (secondary N) is 1. The van der Waals surface area contributed by atoms with E-state index >= 15 is 0 Å². The van der Waals surface area contributed by atoms with E-state index in [-0.39, 0.29) is 21.8 Å². The van der Waals surface area contributed by atoms with Gasteiger partial charge in [-0.05, 0) is 48.0 Å². The highest BCUT2D eigenvalue weighted by Crippen LogP contribution is 2.33. The van der Waals surface area contributed by atoms with Crippen LogP contribution in [0, 0.1) is 10.1 Å². The number of hydrogen-bond acceptors (Lipinski definition) is 6. The van der Waals surface area contributed by atoms with Crippen molar-refractivity contribution in [2.45, 2.75) is 10.9 Å². The zero-order valence-electron chi connectivity index (χ0n) is 20.4. The fraction of sp³-hybridized carbons (Fsp3) is 0.0690. The molecule has 2 atom stereocenters. The van der Waals surface area contributed by atoms with Crippen molar-refractivity contribution in [3.05, 3.63) is 139 Å². The Morgan fingerprint density at radius 3 is 2.20 bits per heavy atom. The summed E-state index contributed by atoms with van der Waals surface area (Å²) in [7, 11) is 0. The van der Waals surface area contributed by atoms with Gasteiger partial charge in [0, 0.05) is 28.4 Å². The standard InChI is InChI=1S/C29H19BrCl2N2O6/c30-25(19-7-4-8-22(15-19)34(38)39)27(26(35)17-5-2-1-3-6-17)40-29(37)18-9-12-21(13-10-18)33-28(36)23-14-11-20(31)16-24(23)32/h1-16,25,27H,(H,33,36)/t25-,27-/m1/s1. The van der Waals surface area contributed by atoms with Gasteiger partial charge in [0.15, 0.2) is 6.10 Å². The van der Waals surface area contributed by atoms with Crippen molar-refractivity contribution >= 4 is 68.2 Å². The second-order valence-electron chi connectivity index (χ2n) is 8.47. The van der Waals surface area contributed by atoms with Crippen LogP contribution >= 0.6 is 39.1 Å². The summed E-state index contributed by atoms with van der Waals surface area (Å²) in [5.41, 5.74) is 1.24. The average Bonchev–Trinajstić information content (AvgIpc) is 2.96. The van der Waals surface area contributed by atoms with Crippen LogP contribution in [-0.2, 0) is 4.74 Å². The Balaban J connectivity index is 1.54. The van der Waals surface area contributed by atoms with Gasteiger partial charge in [-0.15, -0.1) is 0 Å². The van der Waals surface area contributed by atoms with E-state index in [1.807, 2.05) is 0 Å². The molecule has 0 aliphatic carbocycles. The lowest BCUT2D eigenvalue weighted by Crippen LogP contribution is -2.31. The van der Waals surface area contributed by atoms with Gasteiger partial charge in [0.05, 0.1) is 25.9 Å². The maximum Gasteiger partial charge on any atom is 0.338 e. The largest absolute Gasteiger partial charge is 0.449 e. The number of carbonyl (C=O) groups is 3. The minimum Gasteiger partial charge on any atom is -0.449 e. The van der Waals surface area contributed by atoms with E-state index in [1.165, 1.54) is 54.6 Å². The molecule has 0 unspecified atom stereocenters. The highest BCUT2D eigenvalue weighted by atomic mass is 79.9. The summed E-state index contributed by atoms with van der Waals surface area (Å²) in [6.07, 6.45) is -1.34. The number of halogens is 3. The summed E-state index contributed by atoms with van der Waals surface area (Å²) >= 11 is 15.4. The number of non-ortho nitro benzene ring substituents is 1. The smallest absolute Gasteiger partial charge is 0.338 e. The summed E-state index contributed by atoms with van der Waals surface area (Å²) in [5.74, 6) is -1.77. The summed E-state index contributed by atoms with van der Waals surface area (Å²) in [6, 6.07) is 24.3. The minimum atomic E-state index is -1.34. The zero-order valence-corrected chi connectivity index (χ0v) is 23.5. The second kappa shape index (κ2) is 12.9. The normalized spacial score (nSPS) is 12.2. The number of hydrogen-bond donors (Lipinski definition) is 1. The number of ether oxygens (including phenoxy) is 1. The van der Waals surface area contributed by atoms with E-state index in [0.29, 0.717) is 21.8 Å². The lowest BCUT2D eigenvalue weighted by molar-refractivity contribution is -0.384. The maximum absolute atomic E-state index is 13.4. The second-order valence-corrected chi connectivity index (χ2v) is 10.3. The van der Waals surface area contributed by atoms with Gasteiger partial charge < -0.3 is 10.1 Å². The fourth-order valence-electron chi connectivity index (χ4n) is 3.74. The van der Waals surface area contributed by atoms with E-state index < -0.39 is 33.5 Å². The van der Waals surface area contributed by atoms with Crippen molar-refractivity contribution in [1.82, 2.24) is 0 Å². The predicted molar refractivity (Wildman–Crippen MR) is 156 cm³/mol. The minimum absolute atomic E-state index is 0.118. The number of nitrogens with zero attached hydrogens (tertiary/aromatic N) is 1. The predicted octanol–water partition coefficient (Wildman–Crippen LogP) is 7.70. The molecule has 0 heterocycles. The number of esters is 1. The molecule has 0 aromatic heterocycles. The van der Waals surface area contributed by atoms with Crippen LogP contribution in [0.2, 0.25) is 10.0 Å². The van der Waals surface area contributed by atoms with Crippen molar-refractivity contribution in [3.63, 3.8) is 0 Å². The third kappa shape index (κ3) is 6.93. The van der Waals surface area contributed by atoms with Gasteiger partial charge >= 0.3 is 5.97 Å². The van der Waals surface area contributed by atoms with Gasteiger partial charge in [0.25, 0.3) is 11.6 Å². The molecule has 0 fully saturated rings. The van der Waals surface area contributed by atoms with Crippen LogP contribution in [0.3, 0.4) is 0 Å². The van der Waals surface area contributed by atoms with Crippen LogP contribution < -0.4 is 5.32 Å². The topological polar surface area (TPSA) is 116 Å². The van der Waals surface area contributed by atoms with Gasteiger partial charge in [-0.25, -0.2) is 4.79 Å². The number of alkyl halides is 1. The van der Waals surface area contributed by atoms with Crippen LogP contribution in [0.1, 0.15) is 41.5 Å². The van der Waals surface area contributed by atoms with Crippen LogP contribution in [0.5, 0.6) is 0 Å². The van der Waals surface area contributed by atoms with Gasteiger partial charge in [-0.3, -0.25) is 19.7 Å². The molecule has 0 saturated carbocycles. The quantitative estimate of drug-likeness (QED) is 0.0658. The van der Waals surface area contributed by atoms with Crippen LogP contribution in [-0.4, -0.2) is 28.7 Å². The summed E-state index contributed by atoms with van der Waals surface area (Å²) < 4.78 is 5.66. The lowest BCUT2D eigenvalue weighted by atomic mass is 9.99. The Bertz CT molecular complexity index is 1580. The molecule has 40 heavy (non-hydrogen) atoms. The Kier molecular flexibility index (Phi) is 9.31. The third-order valence-corrected chi connectivity index (χ3v) is 7.33. The van der Waals surface area contributed by atoms with Crippen molar-refractivity contribution in [2.24, 2.45) is 0 Å². The molecule has 0 spiro atoms. The summed E-state index contributed by atoms with van der Waals surface area (Å²) in [4.78, 5) is 48.9. The molecular weight excluding hydrogens is 623 g/mol. The molecule has 4 aromatic rings. The molecule has 0 bridgehead atoms. The molecule has 8 nitrogen and oxygen atoms in total. The molecule has 202 valence electrons. The van der Waals surface area contributed by atoms with Gasteiger partial charge in [0.1, 0.15) is 0 Å². The molecule has 0 radical (unpaired) electrons. The van der Waals surface area contributed by atoms with Crippen molar-refractivity contribution < 1.29 is 24.0 Å². The fourth-order valence-corrected chi connectivity index (χ4v) is 4.87.